The second kappa shape index (κ2) is 6.53. The molecule has 100 valence electrons. The molecule has 1 heteroatoms. The zero-order chi connectivity index (χ0) is 13.7. The lowest BCUT2D eigenvalue weighted by Crippen LogP contribution is -2.20. The first-order valence-electron chi connectivity index (χ1n) is 6.97. The molecule has 1 aromatic carbocycles. The zero-order valence-corrected chi connectivity index (χ0v) is 12.0. The van der Waals surface area contributed by atoms with Crippen LogP contribution in [0.4, 0.5) is 0 Å². The van der Waals surface area contributed by atoms with E-state index in [-0.39, 0.29) is 0 Å². The van der Waals surface area contributed by atoms with Crippen LogP contribution in [0.25, 0.3) is 0 Å². The van der Waals surface area contributed by atoms with Crippen LogP contribution in [0.5, 0.6) is 0 Å². The van der Waals surface area contributed by atoms with Crippen molar-refractivity contribution in [2.75, 3.05) is 13.1 Å². The molecule has 1 aromatic rings. The second-order valence-corrected chi connectivity index (χ2v) is 5.15. The Morgan fingerprint density at radius 1 is 1.32 bits per heavy atom. The van der Waals surface area contributed by atoms with Crippen molar-refractivity contribution in [3.8, 4) is 0 Å². The maximum absolute atomic E-state index is 4.26. The highest BCUT2D eigenvalue weighted by atomic mass is 15.1. The van der Waals surface area contributed by atoms with Crippen molar-refractivity contribution in [2.24, 2.45) is 5.92 Å². The summed E-state index contributed by atoms with van der Waals surface area (Å²) in [5.74, 6) is 0.491. The van der Waals surface area contributed by atoms with Gasteiger partial charge < -0.3 is 0 Å². The van der Waals surface area contributed by atoms with Crippen molar-refractivity contribution in [1.82, 2.24) is 4.90 Å². The summed E-state index contributed by atoms with van der Waals surface area (Å²) in [5.41, 5.74) is 4.11. The average Bonchev–Trinajstić information content (AvgIpc) is 2.78. The number of hydrogen-bond acceptors (Lipinski definition) is 1. The molecule has 1 heterocycles. The van der Waals surface area contributed by atoms with Gasteiger partial charge in [-0.3, -0.25) is 4.90 Å². The first-order chi connectivity index (χ1) is 9.24. The SMILES string of the molecule is C=C1CN(Cc2ccccc2)CC1C(C=CC)=CC. The van der Waals surface area contributed by atoms with E-state index >= 15 is 0 Å². The minimum atomic E-state index is 0.491. The molecule has 1 saturated heterocycles. The molecule has 1 aliphatic rings. The average molecular weight is 253 g/mol. The topological polar surface area (TPSA) is 3.24 Å². The van der Waals surface area contributed by atoms with E-state index in [1.54, 1.807) is 0 Å². The van der Waals surface area contributed by atoms with Gasteiger partial charge in [0.2, 0.25) is 0 Å². The summed E-state index contributed by atoms with van der Waals surface area (Å²) in [6.07, 6.45) is 6.53. The van der Waals surface area contributed by atoms with Gasteiger partial charge in [-0.1, -0.05) is 60.7 Å². The second-order valence-electron chi connectivity index (χ2n) is 5.15. The smallest absolute Gasteiger partial charge is 0.0237 e. The Bertz CT molecular complexity index is 482. The molecule has 1 aliphatic heterocycles. The molecule has 19 heavy (non-hydrogen) atoms. The highest BCUT2D eigenvalue weighted by molar-refractivity contribution is 5.32. The lowest BCUT2D eigenvalue weighted by molar-refractivity contribution is 0.325. The van der Waals surface area contributed by atoms with Crippen LogP contribution in [0.1, 0.15) is 19.4 Å². The number of nitrogens with zero attached hydrogens (tertiary/aromatic N) is 1. The Labute approximate surface area is 116 Å². The summed E-state index contributed by atoms with van der Waals surface area (Å²) < 4.78 is 0. The van der Waals surface area contributed by atoms with Crippen LogP contribution in [0.15, 0.2) is 66.3 Å². The van der Waals surface area contributed by atoms with Gasteiger partial charge in [0.25, 0.3) is 0 Å². The van der Waals surface area contributed by atoms with Crippen molar-refractivity contribution in [2.45, 2.75) is 20.4 Å². The Hall–Kier alpha value is -1.60. The number of rotatable bonds is 4. The zero-order valence-electron chi connectivity index (χ0n) is 12.0. The fourth-order valence-electron chi connectivity index (χ4n) is 2.76. The molecule has 1 atom stereocenters. The minimum Gasteiger partial charge on any atom is -0.294 e. The number of benzene rings is 1. The van der Waals surface area contributed by atoms with Gasteiger partial charge in [-0.05, 0) is 25.0 Å². The van der Waals surface area contributed by atoms with E-state index < -0.39 is 0 Å². The van der Waals surface area contributed by atoms with E-state index in [0.717, 1.165) is 19.6 Å². The molecule has 1 fully saturated rings. The van der Waals surface area contributed by atoms with Crippen LogP contribution in [0.3, 0.4) is 0 Å². The van der Waals surface area contributed by atoms with E-state index in [0.29, 0.717) is 5.92 Å². The normalized spacial score (nSPS) is 21.5. The van der Waals surface area contributed by atoms with Crippen molar-refractivity contribution < 1.29 is 0 Å². The lowest BCUT2D eigenvalue weighted by Gasteiger charge is -2.16. The number of hydrogen-bond donors (Lipinski definition) is 0. The van der Waals surface area contributed by atoms with Gasteiger partial charge in [-0.25, -0.2) is 0 Å². The third kappa shape index (κ3) is 3.45. The lowest BCUT2D eigenvalue weighted by atomic mass is 9.94. The standard InChI is InChI=1S/C18H23N/c1-4-9-17(5-2)18-14-19(12-15(18)3)13-16-10-7-6-8-11-16/h4-11,18H,3,12-14H2,1-2H3. The molecular weight excluding hydrogens is 230 g/mol. The van der Waals surface area contributed by atoms with E-state index in [1.165, 1.54) is 16.7 Å². The van der Waals surface area contributed by atoms with Crippen molar-refractivity contribution >= 4 is 0 Å². The van der Waals surface area contributed by atoms with Gasteiger partial charge in [0, 0.05) is 25.6 Å². The van der Waals surface area contributed by atoms with E-state index in [9.17, 15) is 0 Å². The van der Waals surface area contributed by atoms with Gasteiger partial charge in [0.1, 0.15) is 0 Å². The molecule has 1 unspecified atom stereocenters. The van der Waals surface area contributed by atoms with Gasteiger partial charge in [0.05, 0.1) is 0 Å². The quantitative estimate of drug-likeness (QED) is 0.574. The monoisotopic (exact) mass is 253 g/mol. The third-order valence-electron chi connectivity index (χ3n) is 3.70. The van der Waals surface area contributed by atoms with Gasteiger partial charge in [-0.15, -0.1) is 0 Å². The fraction of sp³-hybridized carbons (Fsp3) is 0.333. The molecule has 0 spiro atoms. The van der Waals surface area contributed by atoms with Crippen LogP contribution >= 0.6 is 0 Å². The van der Waals surface area contributed by atoms with Crippen LogP contribution in [0, 0.1) is 5.92 Å². The van der Waals surface area contributed by atoms with Crippen LogP contribution < -0.4 is 0 Å². The largest absolute Gasteiger partial charge is 0.294 e. The van der Waals surface area contributed by atoms with Crippen molar-refractivity contribution in [3.05, 3.63) is 71.8 Å². The Morgan fingerprint density at radius 2 is 2.05 bits per heavy atom. The van der Waals surface area contributed by atoms with Crippen molar-refractivity contribution in [3.63, 3.8) is 0 Å². The molecule has 0 aliphatic carbocycles. The molecule has 0 radical (unpaired) electrons. The molecular formula is C18H23N. The summed E-state index contributed by atoms with van der Waals surface area (Å²) in [6.45, 7) is 11.6. The molecule has 1 nitrogen and oxygen atoms in total. The number of allylic oxidation sites excluding steroid dienone is 3. The summed E-state index contributed by atoms with van der Waals surface area (Å²) in [7, 11) is 0. The molecule has 0 aromatic heterocycles. The van der Waals surface area contributed by atoms with E-state index in [4.69, 9.17) is 0 Å². The first kappa shape index (κ1) is 13.8. The summed E-state index contributed by atoms with van der Waals surface area (Å²) >= 11 is 0. The predicted octanol–water partition coefficient (Wildman–Crippen LogP) is 4.20. The van der Waals surface area contributed by atoms with Crippen LogP contribution in [-0.4, -0.2) is 18.0 Å². The molecule has 0 bridgehead atoms. The molecule has 0 amide bonds. The van der Waals surface area contributed by atoms with Gasteiger partial charge in [0.15, 0.2) is 0 Å². The fourth-order valence-corrected chi connectivity index (χ4v) is 2.76. The maximum Gasteiger partial charge on any atom is 0.0237 e. The Morgan fingerprint density at radius 3 is 2.68 bits per heavy atom. The van der Waals surface area contributed by atoms with Crippen molar-refractivity contribution in [1.29, 1.82) is 0 Å². The van der Waals surface area contributed by atoms with Crippen LogP contribution in [-0.2, 0) is 6.54 Å². The van der Waals surface area contributed by atoms with E-state index in [2.05, 4.69) is 73.9 Å². The highest BCUT2D eigenvalue weighted by Crippen LogP contribution is 2.29. The van der Waals surface area contributed by atoms with Gasteiger partial charge in [-0.2, -0.15) is 0 Å². The summed E-state index contributed by atoms with van der Waals surface area (Å²) in [6, 6.07) is 10.7. The maximum atomic E-state index is 4.26. The predicted molar refractivity (Wildman–Crippen MR) is 82.9 cm³/mol. The first-order valence-corrected chi connectivity index (χ1v) is 6.97. The molecule has 0 saturated carbocycles. The molecule has 2 rings (SSSR count). The summed E-state index contributed by atoms with van der Waals surface area (Å²) in [5, 5.41) is 0. The Kier molecular flexibility index (Phi) is 4.75. The third-order valence-corrected chi connectivity index (χ3v) is 3.70. The minimum absolute atomic E-state index is 0.491. The number of likely N-dealkylation sites (tertiary alicyclic amines) is 1. The van der Waals surface area contributed by atoms with Crippen LogP contribution in [0.2, 0.25) is 0 Å². The highest BCUT2D eigenvalue weighted by Gasteiger charge is 2.27. The van der Waals surface area contributed by atoms with Gasteiger partial charge >= 0.3 is 0 Å². The molecule has 0 N–H and O–H groups in total. The summed E-state index contributed by atoms with van der Waals surface area (Å²) in [4.78, 5) is 2.48. The Balaban J connectivity index is 2.03. The van der Waals surface area contributed by atoms with E-state index in [1.807, 2.05) is 0 Å².